The molecule has 0 aromatic heterocycles. The van der Waals surface area contributed by atoms with Gasteiger partial charge in [0.1, 0.15) is 5.60 Å². The summed E-state index contributed by atoms with van der Waals surface area (Å²) in [4.78, 5) is 12.0. The average Bonchev–Trinajstić information content (AvgIpc) is 3.05. The summed E-state index contributed by atoms with van der Waals surface area (Å²) < 4.78 is 11.3. The lowest BCUT2D eigenvalue weighted by atomic mass is 9.94. The van der Waals surface area contributed by atoms with Crippen molar-refractivity contribution in [3.8, 4) is 0 Å². The van der Waals surface area contributed by atoms with Crippen LogP contribution in [0.15, 0.2) is 0 Å². The van der Waals surface area contributed by atoms with Crippen LogP contribution in [0.2, 0.25) is 0 Å². The van der Waals surface area contributed by atoms with E-state index in [1.54, 1.807) is 0 Å². The van der Waals surface area contributed by atoms with Crippen LogP contribution in [0, 0.1) is 5.92 Å². The number of amides is 1. The Balaban J connectivity index is 1.86. The summed E-state index contributed by atoms with van der Waals surface area (Å²) in [6, 6.07) is 0.830. The minimum Gasteiger partial charge on any atom is -0.444 e. The number of ether oxygens (including phenoxy) is 2. The van der Waals surface area contributed by atoms with Crippen LogP contribution in [0.5, 0.6) is 0 Å². The van der Waals surface area contributed by atoms with Crippen molar-refractivity contribution in [2.75, 3.05) is 13.2 Å². The van der Waals surface area contributed by atoms with Gasteiger partial charge in [0.2, 0.25) is 0 Å². The molecule has 5 nitrogen and oxygen atoms in total. The SMILES string of the molecule is CCCC1CC(NC(CNC(=O)OC(C)(C)C)C2CCCC2)CCO1. The van der Waals surface area contributed by atoms with Gasteiger partial charge in [0.15, 0.2) is 0 Å². The first-order valence-electron chi connectivity index (χ1n) is 10.2. The molecule has 0 aromatic carbocycles. The monoisotopic (exact) mass is 354 g/mol. The minimum atomic E-state index is -0.450. The fraction of sp³-hybridized carbons (Fsp3) is 0.950. The lowest BCUT2D eigenvalue weighted by Crippen LogP contribution is -2.51. The van der Waals surface area contributed by atoms with E-state index in [2.05, 4.69) is 17.6 Å². The third kappa shape index (κ3) is 7.53. The highest BCUT2D eigenvalue weighted by Gasteiger charge is 2.30. The molecular formula is C20H38N2O3. The van der Waals surface area contributed by atoms with Crippen LogP contribution < -0.4 is 10.6 Å². The molecule has 3 unspecified atom stereocenters. The number of carbonyl (C=O) groups is 1. The summed E-state index contributed by atoms with van der Waals surface area (Å²) in [5, 5.41) is 6.84. The van der Waals surface area contributed by atoms with Gasteiger partial charge < -0.3 is 20.1 Å². The quantitative estimate of drug-likeness (QED) is 0.725. The molecule has 2 rings (SSSR count). The smallest absolute Gasteiger partial charge is 0.407 e. The zero-order valence-corrected chi connectivity index (χ0v) is 16.6. The van der Waals surface area contributed by atoms with Crippen LogP contribution in [0.25, 0.3) is 0 Å². The van der Waals surface area contributed by atoms with Crippen molar-refractivity contribution in [2.45, 2.75) is 103 Å². The van der Waals surface area contributed by atoms with Gasteiger partial charge in [0.25, 0.3) is 0 Å². The molecule has 1 saturated heterocycles. The molecule has 2 N–H and O–H groups in total. The first-order chi connectivity index (χ1) is 11.9. The molecule has 0 bridgehead atoms. The van der Waals surface area contributed by atoms with E-state index in [0.717, 1.165) is 25.9 Å². The first-order valence-corrected chi connectivity index (χ1v) is 10.2. The average molecular weight is 355 g/mol. The van der Waals surface area contributed by atoms with Crippen molar-refractivity contribution in [2.24, 2.45) is 5.92 Å². The normalized spacial score (nSPS) is 26.4. The molecule has 25 heavy (non-hydrogen) atoms. The molecule has 3 atom stereocenters. The van der Waals surface area contributed by atoms with Gasteiger partial charge in [-0.05, 0) is 58.8 Å². The molecular weight excluding hydrogens is 316 g/mol. The molecule has 0 spiro atoms. The molecule has 1 aliphatic carbocycles. The second kappa shape index (κ2) is 9.77. The highest BCUT2D eigenvalue weighted by atomic mass is 16.6. The fourth-order valence-corrected chi connectivity index (χ4v) is 4.09. The van der Waals surface area contributed by atoms with Crippen molar-refractivity contribution >= 4 is 6.09 Å². The van der Waals surface area contributed by atoms with Crippen LogP contribution in [0.3, 0.4) is 0 Å². The summed E-state index contributed by atoms with van der Waals surface area (Å²) in [5.74, 6) is 0.655. The van der Waals surface area contributed by atoms with E-state index < -0.39 is 5.60 Å². The predicted molar refractivity (Wildman–Crippen MR) is 101 cm³/mol. The zero-order chi connectivity index (χ0) is 18.3. The maximum absolute atomic E-state index is 12.0. The van der Waals surface area contributed by atoms with Crippen LogP contribution in [-0.4, -0.2) is 43.0 Å². The molecule has 1 amide bonds. The Labute approximate surface area is 153 Å². The van der Waals surface area contributed by atoms with E-state index in [4.69, 9.17) is 9.47 Å². The number of nitrogens with one attached hydrogen (secondary N) is 2. The topological polar surface area (TPSA) is 59.6 Å². The molecule has 1 aliphatic heterocycles. The van der Waals surface area contributed by atoms with Gasteiger partial charge in [0.05, 0.1) is 6.10 Å². The predicted octanol–water partition coefficient (Wildman–Crippen LogP) is 4.01. The Bertz CT molecular complexity index is 400. The molecule has 0 aromatic rings. The molecule has 1 saturated carbocycles. The van der Waals surface area contributed by atoms with Gasteiger partial charge >= 0.3 is 6.09 Å². The van der Waals surface area contributed by atoms with Gasteiger partial charge in [-0.2, -0.15) is 0 Å². The Morgan fingerprint density at radius 3 is 2.60 bits per heavy atom. The summed E-state index contributed by atoms with van der Waals surface area (Å²) in [5.41, 5.74) is -0.450. The lowest BCUT2D eigenvalue weighted by Gasteiger charge is -2.35. The largest absolute Gasteiger partial charge is 0.444 e. The van der Waals surface area contributed by atoms with E-state index in [9.17, 15) is 4.79 Å². The van der Waals surface area contributed by atoms with Gasteiger partial charge in [-0.3, -0.25) is 0 Å². The van der Waals surface area contributed by atoms with Crippen molar-refractivity contribution in [1.29, 1.82) is 0 Å². The second-order valence-electron chi connectivity index (χ2n) is 8.70. The number of hydrogen-bond acceptors (Lipinski definition) is 4. The van der Waals surface area contributed by atoms with Crippen LogP contribution in [0.4, 0.5) is 4.79 Å². The van der Waals surface area contributed by atoms with Gasteiger partial charge in [0, 0.05) is 25.2 Å². The van der Waals surface area contributed by atoms with E-state index in [-0.39, 0.29) is 6.09 Å². The maximum atomic E-state index is 12.0. The standard InChI is InChI=1S/C20H38N2O3/c1-5-8-17-13-16(11-12-24-17)22-18(15-9-6-7-10-15)14-21-19(23)25-20(2,3)4/h15-18,22H,5-14H2,1-4H3,(H,21,23). The summed E-state index contributed by atoms with van der Waals surface area (Å²) in [6.07, 6.45) is 9.67. The Morgan fingerprint density at radius 1 is 1.24 bits per heavy atom. The minimum absolute atomic E-state index is 0.312. The summed E-state index contributed by atoms with van der Waals surface area (Å²) in [6.45, 7) is 9.40. The first kappa shape index (κ1) is 20.5. The maximum Gasteiger partial charge on any atom is 0.407 e. The molecule has 5 heteroatoms. The molecule has 2 aliphatic rings. The second-order valence-corrected chi connectivity index (χ2v) is 8.70. The van der Waals surface area contributed by atoms with E-state index in [1.807, 2.05) is 20.8 Å². The van der Waals surface area contributed by atoms with Crippen LogP contribution in [-0.2, 0) is 9.47 Å². The van der Waals surface area contributed by atoms with Crippen LogP contribution >= 0.6 is 0 Å². The summed E-state index contributed by atoms with van der Waals surface area (Å²) in [7, 11) is 0. The van der Waals surface area contributed by atoms with Crippen molar-refractivity contribution < 1.29 is 14.3 Å². The number of hydrogen-bond donors (Lipinski definition) is 2. The Kier molecular flexibility index (Phi) is 8.01. The Hall–Kier alpha value is -0.810. The highest BCUT2D eigenvalue weighted by Crippen LogP contribution is 2.29. The van der Waals surface area contributed by atoms with Crippen molar-refractivity contribution in [3.63, 3.8) is 0 Å². The lowest BCUT2D eigenvalue weighted by molar-refractivity contribution is -0.00646. The third-order valence-corrected chi connectivity index (χ3v) is 5.26. The van der Waals surface area contributed by atoms with Crippen molar-refractivity contribution in [3.05, 3.63) is 0 Å². The van der Waals surface area contributed by atoms with E-state index in [1.165, 1.54) is 32.1 Å². The van der Waals surface area contributed by atoms with Crippen molar-refractivity contribution in [1.82, 2.24) is 10.6 Å². The number of carbonyl (C=O) groups excluding carboxylic acids is 1. The number of rotatable bonds is 7. The van der Waals surface area contributed by atoms with Gasteiger partial charge in [-0.15, -0.1) is 0 Å². The highest BCUT2D eigenvalue weighted by molar-refractivity contribution is 5.67. The molecule has 1 heterocycles. The zero-order valence-electron chi connectivity index (χ0n) is 16.6. The molecule has 146 valence electrons. The van der Waals surface area contributed by atoms with E-state index in [0.29, 0.717) is 30.7 Å². The third-order valence-electron chi connectivity index (χ3n) is 5.26. The van der Waals surface area contributed by atoms with Gasteiger partial charge in [-0.1, -0.05) is 26.2 Å². The Morgan fingerprint density at radius 2 is 1.96 bits per heavy atom. The van der Waals surface area contributed by atoms with E-state index >= 15 is 0 Å². The van der Waals surface area contributed by atoms with Crippen LogP contribution in [0.1, 0.15) is 79.1 Å². The van der Waals surface area contributed by atoms with Gasteiger partial charge in [-0.25, -0.2) is 4.79 Å². The fourth-order valence-electron chi connectivity index (χ4n) is 4.09. The number of alkyl carbamates (subject to hydrolysis) is 1. The molecule has 2 fully saturated rings. The summed E-state index contributed by atoms with van der Waals surface area (Å²) >= 11 is 0. The molecule has 0 radical (unpaired) electrons.